The summed E-state index contributed by atoms with van der Waals surface area (Å²) in [6, 6.07) is 16.9. The van der Waals surface area contributed by atoms with E-state index in [0.29, 0.717) is 42.2 Å². The summed E-state index contributed by atoms with van der Waals surface area (Å²) in [5.41, 5.74) is 3.92. The van der Waals surface area contributed by atoms with Crippen molar-refractivity contribution in [3.63, 3.8) is 0 Å². The minimum atomic E-state index is -4.25. The van der Waals surface area contributed by atoms with Crippen molar-refractivity contribution in [2.45, 2.75) is 128 Å². The van der Waals surface area contributed by atoms with Gasteiger partial charge in [0, 0.05) is 56.0 Å². The van der Waals surface area contributed by atoms with Crippen LogP contribution in [0.4, 0.5) is 5.69 Å². The maximum atomic E-state index is 15.2. The van der Waals surface area contributed by atoms with Gasteiger partial charge in [-0.3, -0.25) is 9.78 Å². The average molecular weight is 887 g/mol. The van der Waals surface area contributed by atoms with E-state index in [9.17, 15) is 15.0 Å². The van der Waals surface area contributed by atoms with Crippen molar-refractivity contribution in [3.8, 4) is 11.5 Å². The van der Waals surface area contributed by atoms with E-state index in [1.165, 1.54) is 23.4 Å². The quantitative estimate of drug-likeness (QED) is 0.0536. The summed E-state index contributed by atoms with van der Waals surface area (Å²) >= 11 is 0. The van der Waals surface area contributed by atoms with Gasteiger partial charge in [-0.2, -0.15) is 4.31 Å². The fourth-order valence-electron chi connectivity index (χ4n) is 9.46. The van der Waals surface area contributed by atoms with Crippen LogP contribution in [0.15, 0.2) is 95.0 Å². The topological polar surface area (TPSA) is 169 Å². The Bertz CT molecular complexity index is 2220. The first-order valence-electron chi connectivity index (χ1n) is 22.4. The monoisotopic (exact) mass is 886 g/mol. The molecule has 13 nitrogen and oxygen atoms in total. The molecule has 1 saturated carbocycles. The molecule has 1 amide bonds. The Morgan fingerprint density at radius 1 is 1.06 bits per heavy atom. The van der Waals surface area contributed by atoms with Gasteiger partial charge in [-0.25, -0.2) is 8.42 Å². The summed E-state index contributed by atoms with van der Waals surface area (Å²) in [6.07, 6.45) is 8.94. The number of aliphatic hydroxyl groups is 2. The number of oxime groups is 1. The molecule has 2 heterocycles. The molecule has 3 N–H and O–H groups in total. The number of hydrogen-bond acceptors (Lipinski definition) is 11. The highest BCUT2D eigenvalue weighted by Gasteiger charge is 2.66. The summed E-state index contributed by atoms with van der Waals surface area (Å²) < 4.78 is 52.7. The number of pyridine rings is 1. The molecule has 63 heavy (non-hydrogen) atoms. The number of nitrogens with one attached hydrogen (secondary N) is 1. The number of ether oxygens (including phenoxy) is 3. The van der Waals surface area contributed by atoms with Crippen LogP contribution in [-0.4, -0.2) is 83.3 Å². The van der Waals surface area contributed by atoms with E-state index in [1.807, 2.05) is 71.0 Å². The SMILES string of the molecule is C=CCOC12Oc3ccc(OCc4cccc(C)n4)cc3C3C(CCCCO)C(CCCCO)C=C(C(=NOC(C)(C)C)CC1N(CCC)S(=O)(=O)c1ccc(NC(C)=O)cc1)C32. The van der Waals surface area contributed by atoms with Gasteiger partial charge in [0.1, 0.15) is 23.7 Å². The lowest BCUT2D eigenvalue weighted by Gasteiger charge is -2.59. The largest absolute Gasteiger partial charge is 0.487 e. The van der Waals surface area contributed by atoms with Gasteiger partial charge in [-0.1, -0.05) is 43.1 Å². The summed E-state index contributed by atoms with van der Waals surface area (Å²) in [5, 5.41) is 27.5. The van der Waals surface area contributed by atoms with Crippen molar-refractivity contribution in [2.75, 3.05) is 31.7 Å². The zero-order valence-corrected chi connectivity index (χ0v) is 38.5. The number of aromatic nitrogens is 1. The van der Waals surface area contributed by atoms with Crippen molar-refractivity contribution < 1.29 is 42.5 Å². The number of anilines is 1. The van der Waals surface area contributed by atoms with Crippen LogP contribution in [-0.2, 0) is 31.0 Å². The summed E-state index contributed by atoms with van der Waals surface area (Å²) in [4.78, 5) is 22.8. The first-order valence-corrected chi connectivity index (χ1v) is 23.8. The fourth-order valence-corrected chi connectivity index (χ4v) is 11.2. The fraction of sp³-hybridized carbons (Fsp3) is 0.531. The number of amides is 1. The molecule has 6 atom stereocenters. The highest BCUT2D eigenvalue weighted by atomic mass is 32.2. The third kappa shape index (κ3) is 11.0. The van der Waals surface area contributed by atoms with E-state index in [0.717, 1.165) is 48.2 Å². The molecule has 1 aromatic heterocycles. The zero-order chi connectivity index (χ0) is 45.4. The van der Waals surface area contributed by atoms with Gasteiger partial charge in [-0.15, -0.1) is 6.58 Å². The number of aliphatic hydroxyl groups excluding tert-OH is 2. The van der Waals surface area contributed by atoms with E-state index >= 15 is 8.42 Å². The number of unbranched alkanes of at least 4 members (excludes halogenated alkanes) is 2. The molecule has 2 aliphatic carbocycles. The van der Waals surface area contributed by atoms with Crippen LogP contribution >= 0.6 is 0 Å². The second-order valence-electron chi connectivity index (χ2n) is 17.9. The molecule has 14 heteroatoms. The lowest BCUT2D eigenvalue weighted by atomic mass is 9.55. The van der Waals surface area contributed by atoms with E-state index in [2.05, 4.69) is 23.0 Å². The van der Waals surface area contributed by atoms with Crippen molar-refractivity contribution in [1.82, 2.24) is 9.29 Å². The third-order valence-corrected chi connectivity index (χ3v) is 13.9. The number of carbonyl (C=O) groups excluding carboxylic acids is 1. The standard InChI is InChI=1S/C49H66N4O9S/c1-8-25-53(63(57,58)39-22-19-36(20-23-39)51-34(4)56)45-31-43(52-62-48(5,6)7)41-29-35(16-10-12-26-54)40(18-11-13-27-55)46-42-30-38(59-32-37-17-14-15-33(3)50-37)21-24-44(42)61-49(45,47(41)46)60-28-9-2/h9,14-15,17,19-24,29-30,35,40,45-47,54-55H,2,8,10-13,16,18,25-28,31-32H2,1,3-7H3,(H,51,56). The molecule has 1 fully saturated rings. The smallest absolute Gasteiger partial charge is 0.243 e. The number of nitrogens with zero attached hydrogens (tertiary/aromatic N) is 3. The average Bonchev–Trinajstić information content (AvgIpc) is 3.24. The van der Waals surface area contributed by atoms with Crippen molar-refractivity contribution in [3.05, 3.63) is 102 Å². The summed E-state index contributed by atoms with van der Waals surface area (Å²) in [7, 11) is -4.25. The number of allylic oxidation sites excluding steroid dienone is 1. The van der Waals surface area contributed by atoms with Gasteiger partial charge in [0.25, 0.3) is 0 Å². The molecule has 0 radical (unpaired) electrons. The van der Waals surface area contributed by atoms with Crippen LogP contribution in [0.25, 0.3) is 0 Å². The maximum absolute atomic E-state index is 15.2. The lowest BCUT2D eigenvalue weighted by Crippen LogP contribution is -2.70. The highest BCUT2D eigenvalue weighted by Crippen LogP contribution is 2.62. The Kier molecular flexibility index (Phi) is 15.9. The van der Waals surface area contributed by atoms with Gasteiger partial charge < -0.3 is 34.6 Å². The number of aryl methyl sites for hydroxylation is 1. The Morgan fingerprint density at radius 3 is 2.44 bits per heavy atom. The number of hydrogen-bond donors (Lipinski definition) is 3. The first kappa shape index (κ1) is 47.9. The van der Waals surface area contributed by atoms with Crippen LogP contribution < -0.4 is 14.8 Å². The van der Waals surface area contributed by atoms with Crippen molar-refractivity contribution in [1.29, 1.82) is 0 Å². The minimum Gasteiger partial charge on any atom is -0.487 e. The van der Waals surface area contributed by atoms with Gasteiger partial charge in [0.2, 0.25) is 21.7 Å². The molecule has 342 valence electrons. The van der Waals surface area contributed by atoms with E-state index in [4.69, 9.17) is 24.2 Å². The van der Waals surface area contributed by atoms with Gasteiger partial charge in [-0.05, 0) is 132 Å². The minimum absolute atomic E-state index is 0.00637. The molecule has 6 unspecified atom stereocenters. The number of sulfonamides is 1. The molecule has 0 spiro atoms. The number of carbonyl (C=O) groups is 1. The summed E-state index contributed by atoms with van der Waals surface area (Å²) in [6.45, 7) is 15.7. The van der Waals surface area contributed by atoms with Crippen LogP contribution in [0.3, 0.4) is 0 Å². The molecule has 6 rings (SSSR count). The predicted molar refractivity (Wildman–Crippen MR) is 244 cm³/mol. The molecule has 3 aromatic rings. The predicted octanol–water partition coefficient (Wildman–Crippen LogP) is 8.46. The van der Waals surface area contributed by atoms with Crippen LogP contribution in [0.1, 0.15) is 109 Å². The Morgan fingerprint density at radius 2 is 1.79 bits per heavy atom. The van der Waals surface area contributed by atoms with Crippen LogP contribution in [0, 0.1) is 24.7 Å². The van der Waals surface area contributed by atoms with E-state index in [-0.39, 0.29) is 67.9 Å². The molecule has 0 saturated heterocycles. The molecule has 1 aliphatic heterocycles. The second kappa shape index (κ2) is 20.9. The van der Waals surface area contributed by atoms with Crippen molar-refractivity contribution in [2.24, 2.45) is 22.9 Å². The molecule has 0 bridgehead atoms. The van der Waals surface area contributed by atoms with Gasteiger partial charge in [0.15, 0.2) is 0 Å². The van der Waals surface area contributed by atoms with E-state index < -0.39 is 33.4 Å². The third-order valence-electron chi connectivity index (χ3n) is 12.0. The van der Waals surface area contributed by atoms with Gasteiger partial charge in [0.05, 0.1) is 34.9 Å². The van der Waals surface area contributed by atoms with Crippen LogP contribution in [0.5, 0.6) is 11.5 Å². The Hall–Kier alpha value is -4.60. The maximum Gasteiger partial charge on any atom is 0.243 e. The number of rotatable bonds is 21. The molecule has 2 aromatic carbocycles. The number of fused-ring (bicyclic) bond motifs is 2. The Labute approximate surface area is 373 Å². The Balaban J connectivity index is 1.60. The molecule has 3 aliphatic rings. The molecular formula is C49H66N4O9S. The van der Waals surface area contributed by atoms with Gasteiger partial charge >= 0.3 is 0 Å². The highest BCUT2D eigenvalue weighted by molar-refractivity contribution is 7.89. The first-order chi connectivity index (χ1) is 30.1. The zero-order valence-electron chi connectivity index (χ0n) is 37.7. The second-order valence-corrected chi connectivity index (χ2v) is 19.7. The number of benzene rings is 2. The van der Waals surface area contributed by atoms with E-state index in [1.54, 1.807) is 18.2 Å². The lowest BCUT2D eigenvalue weighted by molar-refractivity contribution is -0.251. The van der Waals surface area contributed by atoms with Crippen LogP contribution in [0.2, 0.25) is 0 Å². The molecular weight excluding hydrogens is 821 g/mol. The van der Waals surface area contributed by atoms with Crippen molar-refractivity contribution >= 4 is 27.3 Å². The summed E-state index contributed by atoms with van der Waals surface area (Å²) in [5.74, 6) is -1.48. The normalized spacial score (nSPS) is 23.6.